The van der Waals surface area contributed by atoms with Crippen molar-refractivity contribution in [3.05, 3.63) is 57.3 Å². The van der Waals surface area contributed by atoms with Crippen LogP contribution in [0.3, 0.4) is 0 Å². The van der Waals surface area contributed by atoms with Crippen molar-refractivity contribution < 1.29 is 14.3 Å². The Morgan fingerprint density at radius 2 is 2.18 bits per heavy atom. The summed E-state index contributed by atoms with van der Waals surface area (Å²) in [5, 5.41) is 5.06. The highest BCUT2D eigenvalue weighted by Gasteiger charge is 2.06. The minimum Gasteiger partial charge on any atom is -0.452 e. The van der Waals surface area contributed by atoms with Crippen molar-refractivity contribution in [3.63, 3.8) is 0 Å². The summed E-state index contributed by atoms with van der Waals surface area (Å²) in [4.78, 5) is 24.2. The Balaban J connectivity index is 1.80. The van der Waals surface area contributed by atoms with Crippen molar-refractivity contribution in [2.24, 2.45) is 0 Å². The average Bonchev–Trinajstić information content (AvgIpc) is 2.88. The normalized spacial score (nSPS) is 10.6. The van der Waals surface area contributed by atoms with Gasteiger partial charge in [-0.05, 0) is 48.2 Å². The Morgan fingerprint density at radius 3 is 2.86 bits per heavy atom. The molecule has 0 atom stereocenters. The molecule has 0 saturated heterocycles. The average molecular weight is 336 g/mol. The number of amides is 1. The first-order valence-electron chi connectivity index (χ1n) is 6.49. The van der Waals surface area contributed by atoms with Crippen LogP contribution in [-0.2, 0) is 14.3 Å². The molecule has 0 aliphatic rings. The van der Waals surface area contributed by atoms with Crippen molar-refractivity contribution in [2.75, 3.05) is 11.9 Å². The van der Waals surface area contributed by atoms with Gasteiger partial charge in [-0.1, -0.05) is 17.7 Å². The maximum Gasteiger partial charge on any atom is 0.331 e. The van der Waals surface area contributed by atoms with Crippen LogP contribution in [0.25, 0.3) is 6.08 Å². The fourth-order valence-corrected chi connectivity index (χ4v) is 2.66. The van der Waals surface area contributed by atoms with Crippen LogP contribution in [0.2, 0.25) is 5.02 Å². The van der Waals surface area contributed by atoms with Crippen molar-refractivity contribution in [3.8, 4) is 0 Å². The van der Waals surface area contributed by atoms with Crippen molar-refractivity contribution in [1.82, 2.24) is 0 Å². The SMILES string of the molecule is Cc1ccsc1/C=C/C(=O)OCC(=O)Nc1cccc(Cl)c1. The Labute approximate surface area is 137 Å². The largest absolute Gasteiger partial charge is 0.452 e. The predicted octanol–water partition coefficient (Wildman–Crippen LogP) is 3.91. The van der Waals surface area contributed by atoms with E-state index in [-0.39, 0.29) is 6.61 Å². The second-order valence-electron chi connectivity index (χ2n) is 4.47. The number of anilines is 1. The van der Waals surface area contributed by atoms with Gasteiger partial charge < -0.3 is 10.1 Å². The topological polar surface area (TPSA) is 55.4 Å². The molecule has 2 rings (SSSR count). The summed E-state index contributed by atoms with van der Waals surface area (Å²) < 4.78 is 4.88. The highest BCUT2D eigenvalue weighted by Crippen LogP contribution is 2.17. The van der Waals surface area contributed by atoms with Crippen LogP contribution in [-0.4, -0.2) is 18.5 Å². The zero-order valence-corrected chi connectivity index (χ0v) is 13.4. The number of carbonyl (C=O) groups excluding carboxylic acids is 2. The van der Waals surface area contributed by atoms with E-state index in [2.05, 4.69) is 5.32 Å². The number of carbonyl (C=O) groups is 2. The number of nitrogens with one attached hydrogen (secondary N) is 1. The van der Waals surface area contributed by atoms with Gasteiger partial charge in [0, 0.05) is 21.7 Å². The van der Waals surface area contributed by atoms with Gasteiger partial charge in [0.1, 0.15) is 0 Å². The van der Waals surface area contributed by atoms with Crippen molar-refractivity contribution in [2.45, 2.75) is 6.92 Å². The third-order valence-corrected chi connectivity index (χ3v) is 3.95. The molecule has 1 amide bonds. The standard InChI is InChI=1S/C16H14ClNO3S/c1-11-7-8-22-14(11)5-6-16(20)21-10-15(19)18-13-4-2-3-12(17)9-13/h2-9H,10H2,1H3,(H,18,19)/b6-5+. The van der Waals surface area contributed by atoms with Crippen LogP contribution in [0.4, 0.5) is 5.69 Å². The fourth-order valence-electron chi connectivity index (χ4n) is 1.65. The van der Waals surface area contributed by atoms with Crippen LogP contribution in [0.1, 0.15) is 10.4 Å². The lowest BCUT2D eigenvalue weighted by Crippen LogP contribution is -2.20. The van der Waals surface area contributed by atoms with Gasteiger partial charge >= 0.3 is 5.97 Å². The molecule has 1 N–H and O–H groups in total. The summed E-state index contributed by atoms with van der Waals surface area (Å²) in [6.07, 6.45) is 2.99. The van der Waals surface area contributed by atoms with E-state index in [9.17, 15) is 9.59 Å². The van der Waals surface area contributed by atoms with Gasteiger partial charge in [-0.2, -0.15) is 0 Å². The molecule has 0 bridgehead atoms. The highest BCUT2D eigenvalue weighted by molar-refractivity contribution is 7.11. The number of esters is 1. The second-order valence-corrected chi connectivity index (χ2v) is 5.85. The number of thiophene rings is 1. The Morgan fingerprint density at radius 1 is 1.36 bits per heavy atom. The Kier molecular flexibility index (Phi) is 5.75. The molecule has 1 aromatic carbocycles. The van der Waals surface area contributed by atoms with E-state index >= 15 is 0 Å². The minimum atomic E-state index is -0.561. The zero-order chi connectivity index (χ0) is 15.9. The second kappa shape index (κ2) is 7.77. The third-order valence-electron chi connectivity index (χ3n) is 2.73. The van der Waals surface area contributed by atoms with Crippen LogP contribution in [0.15, 0.2) is 41.8 Å². The van der Waals surface area contributed by atoms with Gasteiger partial charge in [-0.25, -0.2) is 4.79 Å². The summed E-state index contributed by atoms with van der Waals surface area (Å²) in [7, 11) is 0. The van der Waals surface area contributed by atoms with Gasteiger partial charge in [-0.15, -0.1) is 11.3 Å². The van der Waals surface area contributed by atoms with Crippen LogP contribution in [0.5, 0.6) is 0 Å². The highest BCUT2D eigenvalue weighted by atomic mass is 35.5. The summed E-state index contributed by atoms with van der Waals surface area (Å²) in [6, 6.07) is 8.70. The number of hydrogen-bond acceptors (Lipinski definition) is 4. The zero-order valence-electron chi connectivity index (χ0n) is 11.8. The first kappa shape index (κ1) is 16.3. The van der Waals surface area contributed by atoms with Gasteiger partial charge in [0.2, 0.25) is 0 Å². The first-order valence-corrected chi connectivity index (χ1v) is 7.75. The fraction of sp³-hybridized carbons (Fsp3) is 0.125. The number of rotatable bonds is 5. The molecule has 0 aliphatic heterocycles. The predicted molar refractivity (Wildman–Crippen MR) is 89.1 cm³/mol. The molecule has 0 spiro atoms. The molecular weight excluding hydrogens is 322 g/mol. The molecule has 0 fully saturated rings. The number of aryl methyl sites for hydroxylation is 1. The Bertz CT molecular complexity index is 709. The summed E-state index contributed by atoms with van der Waals surface area (Å²) >= 11 is 7.35. The maximum atomic E-state index is 11.7. The molecule has 6 heteroatoms. The molecule has 0 aliphatic carbocycles. The lowest BCUT2D eigenvalue weighted by atomic mass is 10.3. The molecule has 1 aromatic heterocycles. The molecule has 22 heavy (non-hydrogen) atoms. The molecule has 2 aromatic rings. The monoisotopic (exact) mass is 335 g/mol. The van der Waals surface area contributed by atoms with Gasteiger partial charge in [0.15, 0.2) is 6.61 Å². The number of halogens is 1. The Hall–Kier alpha value is -2.11. The number of hydrogen-bond donors (Lipinski definition) is 1. The van der Waals surface area contributed by atoms with E-state index in [1.165, 1.54) is 17.4 Å². The lowest BCUT2D eigenvalue weighted by Gasteiger charge is -2.05. The number of benzene rings is 1. The summed E-state index contributed by atoms with van der Waals surface area (Å²) in [6.45, 7) is 1.61. The van der Waals surface area contributed by atoms with E-state index in [1.807, 2.05) is 18.4 Å². The van der Waals surface area contributed by atoms with E-state index in [0.717, 1.165) is 10.4 Å². The third kappa shape index (κ3) is 5.02. The van der Waals surface area contributed by atoms with Gasteiger partial charge in [0.25, 0.3) is 5.91 Å². The van der Waals surface area contributed by atoms with E-state index in [1.54, 1.807) is 30.3 Å². The molecule has 4 nitrogen and oxygen atoms in total. The van der Waals surface area contributed by atoms with E-state index in [0.29, 0.717) is 10.7 Å². The van der Waals surface area contributed by atoms with Crippen LogP contribution in [0, 0.1) is 6.92 Å². The lowest BCUT2D eigenvalue weighted by molar-refractivity contribution is -0.142. The molecule has 0 saturated carbocycles. The van der Waals surface area contributed by atoms with Crippen molar-refractivity contribution >= 4 is 46.6 Å². The molecule has 0 radical (unpaired) electrons. The number of ether oxygens (including phenoxy) is 1. The molecular formula is C16H14ClNO3S. The minimum absolute atomic E-state index is 0.348. The van der Waals surface area contributed by atoms with E-state index < -0.39 is 11.9 Å². The molecule has 114 valence electrons. The van der Waals surface area contributed by atoms with Crippen LogP contribution >= 0.6 is 22.9 Å². The van der Waals surface area contributed by atoms with E-state index in [4.69, 9.17) is 16.3 Å². The summed E-state index contributed by atoms with van der Waals surface area (Å²) in [5.74, 6) is -0.981. The quantitative estimate of drug-likeness (QED) is 0.666. The van der Waals surface area contributed by atoms with Gasteiger partial charge in [0.05, 0.1) is 0 Å². The molecule has 0 unspecified atom stereocenters. The summed E-state index contributed by atoms with van der Waals surface area (Å²) in [5.41, 5.74) is 1.64. The van der Waals surface area contributed by atoms with Crippen LogP contribution < -0.4 is 5.32 Å². The van der Waals surface area contributed by atoms with Crippen molar-refractivity contribution in [1.29, 1.82) is 0 Å². The first-order chi connectivity index (χ1) is 10.5. The smallest absolute Gasteiger partial charge is 0.331 e. The maximum absolute atomic E-state index is 11.7. The van der Waals surface area contributed by atoms with Gasteiger partial charge in [-0.3, -0.25) is 4.79 Å². The molecule has 1 heterocycles.